The van der Waals surface area contributed by atoms with E-state index in [-0.39, 0.29) is 10.6 Å². The van der Waals surface area contributed by atoms with Crippen LogP contribution in [0.15, 0.2) is 47.1 Å². The molecule has 1 aliphatic heterocycles. The van der Waals surface area contributed by atoms with Crippen LogP contribution in [0, 0.1) is 11.6 Å². The number of halogens is 2. The number of rotatable bonds is 6. The Bertz CT molecular complexity index is 874. The van der Waals surface area contributed by atoms with Crippen molar-refractivity contribution in [3.63, 3.8) is 0 Å². The Labute approximate surface area is 173 Å². The Morgan fingerprint density at radius 3 is 2.86 bits per heavy atom. The highest BCUT2D eigenvalue weighted by atomic mass is 32.2. The fourth-order valence-corrected chi connectivity index (χ4v) is 4.73. The molecule has 3 rings (SSSR count). The molecule has 6 nitrogen and oxygen atoms in total. The average molecular weight is 423 g/mol. The fourth-order valence-electron chi connectivity index (χ4n) is 3.30. The monoisotopic (exact) mass is 422 g/mol. The maximum absolute atomic E-state index is 14.5. The number of carbonyl (C=O) groups excluding carboxylic acids is 1. The summed E-state index contributed by atoms with van der Waals surface area (Å²) in [6.07, 6.45) is 8.88. The van der Waals surface area contributed by atoms with Gasteiger partial charge in [-0.3, -0.25) is 4.84 Å². The van der Waals surface area contributed by atoms with Crippen molar-refractivity contribution < 1.29 is 18.4 Å². The molecule has 1 aromatic rings. The lowest BCUT2D eigenvalue weighted by molar-refractivity contribution is -0.0789. The summed E-state index contributed by atoms with van der Waals surface area (Å²) in [6, 6.07) is 2.69. The quantitative estimate of drug-likeness (QED) is 0.704. The van der Waals surface area contributed by atoms with Crippen molar-refractivity contribution in [2.75, 3.05) is 20.7 Å². The number of benzene rings is 1. The van der Waals surface area contributed by atoms with Crippen LogP contribution in [0.1, 0.15) is 31.2 Å². The lowest BCUT2D eigenvalue weighted by Gasteiger charge is -2.38. The molecule has 29 heavy (non-hydrogen) atoms. The van der Waals surface area contributed by atoms with Crippen LogP contribution < -0.4 is 5.73 Å². The first kappa shape index (κ1) is 21.5. The third-order valence-electron chi connectivity index (χ3n) is 4.85. The van der Waals surface area contributed by atoms with Crippen molar-refractivity contribution >= 4 is 22.8 Å². The van der Waals surface area contributed by atoms with E-state index in [9.17, 15) is 13.6 Å². The van der Waals surface area contributed by atoms with Crippen molar-refractivity contribution in [3.8, 4) is 0 Å². The Balaban J connectivity index is 2.12. The molecule has 0 aromatic heterocycles. The first-order chi connectivity index (χ1) is 13.9. The fraction of sp³-hybridized carbons (Fsp3) is 0.400. The van der Waals surface area contributed by atoms with Gasteiger partial charge in [0.1, 0.15) is 21.5 Å². The number of allylic oxidation sites excluding steroid dienone is 2. The van der Waals surface area contributed by atoms with Crippen molar-refractivity contribution in [1.82, 2.24) is 10.1 Å². The van der Waals surface area contributed by atoms with Gasteiger partial charge in [0.25, 0.3) is 0 Å². The van der Waals surface area contributed by atoms with Gasteiger partial charge in [0.2, 0.25) is 0 Å². The summed E-state index contributed by atoms with van der Waals surface area (Å²) in [6.45, 7) is 0.422. The van der Waals surface area contributed by atoms with E-state index in [0.717, 1.165) is 41.7 Å². The minimum absolute atomic E-state index is 0.0166. The van der Waals surface area contributed by atoms with Crippen molar-refractivity contribution in [2.45, 2.75) is 30.6 Å². The SMILES string of the molecule is CON(C)C(=O)N1N=C(c2cc(F)ccc2F)SC1(CCCN)C1=CCCC=C1. The number of hydrogen-bond donors (Lipinski definition) is 1. The van der Waals surface area contributed by atoms with Gasteiger partial charge < -0.3 is 5.73 Å². The minimum atomic E-state index is -0.922. The molecule has 156 valence electrons. The van der Waals surface area contributed by atoms with E-state index in [1.165, 1.54) is 30.9 Å². The molecule has 0 spiro atoms. The number of carbonyl (C=O) groups is 1. The van der Waals surface area contributed by atoms with Crippen LogP contribution in [0.2, 0.25) is 0 Å². The summed E-state index contributed by atoms with van der Waals surface area (Å²) in [5, 5.41) is 7.02. The molecule has 9 heteroatoms. The number of nitrogens with zero attached hydrogens (tertiary/aromatic N) is 3. The number of amides is 2. The van der Waals surface area contributed by atoms with Gasteiger partial charge in [0.05, 0.1) is 7.11 Å². The summed E-state index contributed by atoms with van der Waals surface area (Å²) >= 11 is 1.24. The number of thioether (sulfide) groups is 1. The van der Waals surface area contributed by atoms with E-state index in [0.29, 0.717) is 19.4 Å². The zero-order valence-corrected chi connectivity index (χ0v) is 17.2. The van der Waals surface area contributed by atoms with E-state index in [2.05, 4.69) is 11.2 Å². The maximum Gasteiger partial charge on any atom is 0.365 e. The Hall–Kier alpha value is -2.23. The van der Waals surface area contributed by atoms with Gasteiger partial charge in [0.15, 0.2) is 0 Å². The van der Waals surface area contributed by atoms with E-state index in [4.69, 9.17) is 10.6 Å². The molecular weight excluding hydrogens is 398 g/mol. The molecule has 2 N–H and O–H groups in total. The normalized spacial score (nSPS) is 21.2. The first-order valence-corrected chi connectivity index (χ1v) is 10.2. The lowest BCUT2D eigenvalue weighted by atomic mass is 9.95. The summed E-state index contributed by atoms with van der Waals surface area (Å²) in [7, 11) is 2.85. The van der Waals surface area contributed by atoms with Gasteiger partial charge >= 0.3 is 6.03 Å². The van der Waals surface area contributed by atoms with E-state index in [1.807, 2.05) is 12.2 Å². The first-order valence-electron chi connectivity index (χ1n) is 9.35. The van der Waals surface area contributed by atoms with Crippen LogP contribution in [0.5, 0.6) is 0 Å². The molecular formula is C20H24F2N4O2S. The molecule has 1 unspecified atom stereocenters. The standard InChI is InChI=1S/C20H24F2N4O2S/c1-25(28-2)19(27)26-20(11-6-12-23,14-7-4-3-5-8-14)29-18(24-26)16-13-15(21)9-10-17(16)22/h4,7-10,13H,3,5-6,11-12,23H2,1-2H3. The molecule has 0 bridgehead atoms. The third kappa shape index (κ3) is 4.22. The largest absolute Gasteiger partial charge is 0.365 e. The van der Waals surface area contributed by atoms with Crippen molar-refractivity contribution in [3.05, 3.63) is 59.2 Å². The maximum atomic E-state index is 14.5. The van der Waals surface area contributed by atoms with Gasteiger partial charge in [-0.25, -0.2) is 18.6 Å². The minimum Gasteiger partial charge on any atom is -0.330 e. The van der Waals surface area contributed by atoms with E-state index in [1.54, 1.807) is 0 Å². The predicted molar refractivity (Wildman–Crippen MR) is 110 cm³/mol. The Kier molecular flexibility index (Phi) is 6.71. The zero-order chi connectivity index (χ0) is 21.0. The van der Waals surface area contributed by atoms with Crippen LogP contribution >= 0.6 is 11.8 Å². The molecule has 1 aromatic carbocycles. The number of urea groups is 1. The van der Waals surface area contributed by atoms with Crippen LogP contribution in [-0.2, 0) is 4.84 Å². The molecule has 0 saturated heterocycles. The van der Waals surface area contributed by atoms with Gasteiger partial charge in [-0.15, -0.1) is 0 Å². The Morgan fingerprint density at radius 1 is 1.41 bits per heavy atom. The van der Waals surface area contributed by atoms with Crippen molar-refractivity contribution in [1.29, 1.82) is 0 Å². The van der Waals surface area contributed by atoms with Gasteiger partial charge in [-0.05, 0) is 56.0 Å². The van der Waals surface area contributed by atoms with Gasteiger partial charge in [0, 0.05) is 12.6 Å². The molecule has 0 saturated carbocycles. The molecule has 1 aliphatic carbocycles. The van der Waals surface area contributed by atoms with Crippen molar-refractivity contribution in [2.24, 2.45) is 10.8 Å². The summed E-state index contributed by atoms with van der Waals surface area (Å²) < 4.78 is 28.3. The summed E-state index contributed by atoms with van der Waals surface area (Å²) in [5.74, 6) is -1.18. The van der Waals surface area contributed by atoms with E-state index >= 15 is 0 Å². The second-order valence-electron chi connectivity index (χ2n) is 6.72. The number of hydroxylamine groups is 2. The van der Waals surface area contributed by atoms with Crippen LogP contribution in [0.4, 0.5) is 13.6 Å². The number of hydrazone groups is 1. The molecule has 2 aliphatic rings. The molecule has 2 amide bonds. The van der Waals surface area contributed by atoms with Crippen LogP contribution in [0.25, 0.3) is 0 Å². The second kappa shape index (κ2) is 9.06. The highest BCUT2D eigenvalue weighted by Crippen LogP contribution is 2.49. The Morgan fingerprint density at radius 2 is 2.21 bits per heavy atom. The van der Waals surface area contributed by atoms with Gasteiger partial charge in [-0.2, -0.15) is 10.1 Å². The third-order valence-corrected chi connectivity index (χ3v) is 6.29. The molecule has 0 fully saturated rings. The van der Waals surface area contributed by atoms with Crippen LogP contribution in [-0.4, -0.2) is 46.7 Å². The summed E-state index contributed by atoms with van der Waals surface area (Å²) in [5.41, 5.74) is 6.66. The number of hydrogen-bond acceptors (Lipinski definition) is 5. The van der Waals surface area contributed by atoms with Gasteiger partial charge in [-0.1, -0.05) is 30.0 Å². The zero-order valence-electron chi connectivity index (χ0n) is 16.4. The van der Waals surface area contributed by atoms with Crippen LogP contribution in [0.3, 0.4) is 0 Å². The van der Waals surface area contributed by atoms with E-state index < -0.39 is 22.5 Å². The molecule has 1 heterocycles. The smallest absolute Gasteiger partial charge is 0.330 e. The molecule has 0 radical (unpaired) electrons. The lowest BCUT2D eigenvalue weighted by Crippen LogP contribution is -2.49. The topological polar surface area (TPSA) is 71.2 Å². The summed E-state index contributed by atoms with van der Waals surface area (Å²) in [4.78, 5) is 17.2. The molecule has 1 atom stereocenters. The number of nitrogens with two attached hydrogens (primary N) is 1. The average Bonchev–Trinajstić information content (AvgIpc) is 3.14. The second-order valence-corrected chi connectivity index (χ2v) is 7.99. The predicted octanol–water partition coefficient (Wildman–Crippen LogP) is 4.00. The highest BCUT2D eigenvalue weighted by Gasteiger charge is 2.50. The highest BCUT2D eigenvalue weighted by molar-refractivity contribution is 8.16.